The highest BCUT2D eigenvalue weighted by molar-refractivity contribution is 5.70. The van der Waals surface area contributed by atoms with Gasteiger partial charge in [-0.25, -0.2) is 0 Å². The van der Waals surface area contributed by atoms with Crippen molar-refractivity contribution in [3.8, 4) is 0 Å². The lowest BCUT2D eigenvalue weighted by Gasteiger charge is -2.15. The predicted molar refractivity (Wildman–Crippen MR) is 101 cm³/mol. The van der Waals surface area contributed by atoms with Gasteiger partial charge in [0.25, 0.3) is 0 Å². The summed E-state index contributed by atoms with van der Waals surface area (Å²) in [6, 6.07) is 0. The molecule has 2 nitrogen and oxygen atoms in total. The Labute approximate surface area is 144 Å². The number of hydrogen-bond acceptors (Lipinski definition) is 1. The molecule has 0 fully saturated rings. The largest absolute Gasteiger partial charge is 0.481 e. The zero-order valence-corrected chi connectivity index (χ0v) is 15.9. The molecule has 0 bridgehead atoms. The molecule has 1 N–H and O–H groups in total. The molecule has 0 aromatic rings. The van der Waals surface area contributed by atoms with Crippen LogP contribution in [0.5, 0.6) is 0 Å². The highest BCUT2D eigenvalue weighted by atomic mass is 16.4. The van der Waals surface area contributed by atoms with E-state index in [4.69, 9.17) is 5.11 Å². The van der Waals surface area contributed by atoms with E-state index in [0.29, 0.717) is 0 Å². The number of hydrogen-bond donors (Lipinski definition) is 1. The molecule has 1 unspecified atom stereocenters. The molecule has 0 amide bonds. The SMILES string of the molecule is CCCCCCCC/C=C\CCCCCCC(C(=O)O)C(C)C. The van der Waals surface area contributed by atoms with Crippen molar-refractivity contribution in [2.45, 2.75) is 104 Å². The van der Waals surface area contributed by atoms with E-state index in [1.54, 1.807) is 0 Å². The van der Waals surface area contributed by atoms with Gasteiger partial charge in [0.2, 0.25) is 0 Å². The molecule has 0 aliphatic heterocycles. The molecule has 0 aromatic heterocycles. The highest BCUT2D eigenvalue weighted by Crippen LogP contribution is 2.19. The Morgan fingerprint density at radius 2 is 1.30 bits per heavy atom. The summed E-state index contributed by atoms with van der Waals surface area (Å²) in [7, 11) is 0. The van der Waals surface area contributed by atoms with Crippen molar-refractivity contribution in [1.82, 2.24) is 0 Å². The lowest BCUT2D eigenvalue weighted by molar-refractivity contribution is -0.143. The van der Waals surface area contributed by atoms with Gasteiger partial charge in [-0.05, 0) is 38.0 Å². The lowest BCUT2D eigenvalue weighted by atomic mass is 9.90. The first-order valence-corrected chi connectivity index (χ1v) is 9.97. The number of carboxylic acid groups (broad SMARTS) is 1. The van der Waals surface area contributed by atoms with Crippen molar-refractivity contribution in [2.75, 3.05) is 0 Å². The molecule has 1 atom stereocenters. The quantitative estimate of drug-likeness (QED) is 0.245. The predicted octanol–water partition coefficient (Wildman–Crippen LogP) is 6.99. The third kappa shape index (κ3) is 14.5. The minimum absolute atomic E-state index is 0.160. The molecule has 23 heavy (non-hydrogen) atoms. The third-order valence-electron chi connectivity index (χ3n) is 4.65. The van der Waals surface area contributed by atoms with Crippen LogP contribution in [-0.2, 0) is 4.79 Å². The second kappa shape index (κ2) is 16.1. The standard InChI is InChI=1S/C21H40O2/c1-4-5-6-7-8-9-10-11-12-13-14-15-16-17-18-20(19(2)3)21(22)23/h11-12,19-20H,4-10,13-18H2,1-3H3,(H,22,23)/b12-11-. The zero-order chi connectivity index (χ0) is 17.3. The van der Waals surface area contributed by atoms with E-state index in [9.17, 15) is 4.79 Å². The summed E-state index contributed by atoms with van der Waals surface area (Å²) in [6.07, 6.45) is 20.9. The van der Waals surface area contributed by atoms with Crippen molar-refractivity contribution in [1.29, 1.82) is 0 Å². The van der Waals surface area contributed by atoms with E-state index in [1.807, 2.05) is 13.8 Å². The molecule has 0 saturated heterocycles. The molecule has 0 aromatic carbocycles. The summed E-state index contributed by atoms with van der Waals surface area (Å²) in [4.78, 5) is 11.1. The number of carbonyl (C=O) groups is 1. The summed E-state index contributed by atoms with van der Waals surface area (Å²) in [6.45, 7) is 6.28. The van der Waals surface area contributed by atoms with Crippen molar-refractivity contribution >= 4 is 5.97 Å². The average molecular weight is 325 g/mol. The summed E-state index contributed by atoms with van der Waals surface area (Å²) >= 11 is 0. The van der Waals surface area contributed by atoms with Crippen LogP contribution in [0.2, 0.25) is 0 Å². The van der Waals surface area contributed by atoms with Gasteiger partial charge in [-0.3, -0.25) is 4.79 Å². The van der Waals surface area contributed by atoms with Gasteiger partial charge in [0.05, 0.1) is 5.92 Å². The maximum Gasteiger partial charge on any atom is 0.306 e. The normalized spacial score (nSPS) is 13.0. The summed E-state index contributed by atoms with van der Waals surface area (Å²) in [5.74, 6) is -0.540. The van der Waals surface area contributed by atoms with Crippen molar-refractivity contribution in [2.24, 2.45) is 11.8 Å². The molecule has 0 heterocycles. The van der Waals surface area contributed by atoms with Gasteiger partial charge in [0, 0.05) is 0 Å². The molecule has 0 spiro atoms. The minimum Gasteiger partial charge on any atom is -0.481 e. The number of aliphatic carboxylic acids is 1. The van der Waals surface area contributed by atoms with Crippen LogP contribution in [-0.4, -0.2) is 11.1 Å². The number of carboxylic acids is 1. The van der Waals surface area contributed by atoms with Gasteiger partial charge in [0.15, 0.2) is 0 Å². The van der Waals surface area contributed by atoms with E-state index >= 15 is 0 Å². The number of unbranched alkanes of at least 4 members (excludes halogenated alkanes) is 10. The van der Waals surface area contributed by atoms with Crippen LogP contribution in [0.1, 0.15) is 104 Å². The van der Waals surface area contributed by atoms with Crippen LogP contribution >= 0.6 is 0 Å². The average Bonchev–Trinajstić information content (AvgIpc) is 2.50. The van der Waals surface area contributed by atoms with Crippen molar-refractivity contribution in [3.05, 3.63) is 12.2 Å². The van der Waals surface area contributed by atoms with Crippen LogP contribution in [0, 0.1) is 11.8 Å². The molecular formula is C21H40O2. The fourth-order valence-electron chi connectivity index (χ4n) is 3.00. The van der Waals surface area contributed by atoms with E-state index in [-0.39, 0.29) is 11.8 Å². The Morgan fingerprint density at radius 1 is 0.826 bits per heavy atom. The molecule has 0 saturated carbocycles. The summed E-state index contributed by atoms with van der Waals surface area (Å²) in [5, 5.41) is 9.14. The van der Waals surface area contributed by atoms with Crippen molar-refractivity contribution in [3.63, 3.8) is 0 Å². The Kier molecular flexibility index (Phi) is 15.5. The Hall–Kier alpha value is -0.790. The second-order valence-corrected chi connectivity index (χ2v) is 7.21. The molecule has 136 valence electrons. The fraction of sp³-hybridized carbons (Fsp3) is 0.857. The van der Waals surface area contributed by atoms with E-state index in [1.165, 1.54) is 70.6 Å². The molecule has 2 heteroatoms. The van der Waals surface area contributed by atoms with Gasteiger partial charge in [-0.1, -0.05) is 84.3 Å². The van der Waals surface area contributed by atoms with E-state index in [2.05, 4.69) is 19.1 Å². The monoisotopic (exact) mass is 324 g/mol. The van der Waals surface area contributed by atoms with Crippen LogP contribution in [0.4, 0.5) is 0 Å². The van der Waals surface area contributed by atoms with Gasteiger partial charge >= 0.3 is 5.97 Å². The Balaban J connectivity index is 3.35. The molecule has 0 radical (unpaired) electrons. The fourth-order valence-corrected chi connectivity index (χ4v) is 3.00. The summed E-state index contributed by atoms with van der Waals surface area (Å²) < 4.78 is 0. The summed E-state index contributed by atoms with van der Waals surface area (Å²) in [5.41, 5.74) is 0. The molecule has 0 rings (SSSR count). The maximum absolute atomic E-state index is 11.1. The van der Waals surface area contributed by atoms with Gasteiger partial charge in [-0.15, -0.1) is 0 Å². The first kappa shape index (κ1) is 22.2. The van der Waals surface area contributed by atoms with Crippen LogP contribution in [0.3, 0.4) is 0 Å². The lowest BCUT2D eigenvalue weighted by Crippen LogP contribution is -2.19. The number of allylic oxidation sites excluding steroid dienone is 2. The highest BCUT2D eigenvalue weighted by Gasteiger charge is 2.20. The molecule has 0 aliphatic rings. The first-order valence-electron chi connectivity index (χ1n) is 9.97. The van der Waals surface area contributed by atoms with E-state index in [0.717, 1.165) is 12.8 Å². The van der Waals surface area contributed by atoms with Crippen molar-refractivity contribution < 1.29 is 9.90 Å². The Bertz CT molecular complexity index is 294. The van der Waals surface area contributed by atoms with Gasteiger partial charge < -0.3 is 5.11 Å². The van der Waals surface area contributed by atoms with Crippen LogP contribution < -0.4 is 0 Å². The second-order valence-electron chi connectivity index (χ2n) is 7.21. The molecule has 0 aliphatic carbocycles. The maximum atomic E-state index is 11.1. The Morgan fingerprint density at radius 3 is 1.78 bits per heavy atom. The van der Waals surface area contributed by atoms with E-state index < -0.39 is 5.97 Å². The van der Waals surface area contributed by atoms with Gasteiger partial charge in [0.1, 0.15) is 0 Å². The number of rotatable bonds is 16. The smallest absolute Gasteiger partial charge is 0.306 e. The third-order valence-corrected chi connectivity index (χ3v) is 4.65. The topological polar surface area (TPSA) is 37.3 Å². The minimum atomic E-state index is -0.627. The zero-order valence-electron chi connectivity index (χ0n) is 15.9. The van der Waals surface area contributed by atoms with Gasteiger partial charge in [-0.2, -0.15) is 0 Å². The van der Waals surface area contributed by atoms with Crippen LogP contribution in [0.15, 0.2) is 12.2 Å². The van der Waals surface area contributed by atoms with Crippen LogP contribution in [0.25, 0.3) is 0 Å². The molecular weight excluding hydrogens is 284 g/mol. The first-order chi connectivity index (χ1) is 11.1.